The Kier molecular flexibility index (Phi) is 6.22. The fraction of sp³-hybridized carbons (Fsp3) is 0.333. The van der Waals surface area contributed by atoms with Crippen molar-refractivity contribution in [1.82, 2.24) is 5.32 Å². The molecule has 0 spiro atoms. The monoisotopic (exact) mass is 363 g/mol. The largest absolute Gasteiger partial charge is 0.467 e. The lowest BCUT2D eigenvalue weighted by Crippen LogP contribution is -2.52. The van der Waals surface area contributed by atoms with Crippen molar-refractivity contribution >= 4 is 29.9 Å². The van der Waals surface area contributed by atoms with Gasteiger partial charge in [-0.1, -0.05) is 17.7 Å². The van der Waals surface area contributed by atoms with E-state index in [0.717, 1.165) is 17.7 Å². The number of benzene rings is 1. The number of hydrogen-bond donors (Lipinski definition) is 2. The van der Waals surface area contributed by atoms with Crippen LogP contribution < -0.4 is 16.0 Å². The highest BCUT2D eigenvalue weighted by atomic mass is 35.5. The normalized spacial score (nSPS) is 17.1. The van der Waals surface area contributed by atoms with Crippen LogP contribution >= 0.6 is 12.4 Å². The van der Waals surface area contributed by atoms with Crippen LogP contribution in [0, 0.1) is 6.92 Å². The van der Waals surface area contributed by atoms with E-state index in [9.17, 15) is 9.59 Å². The molecule has 0 saturated carbocycles. The quantitative estimate of drug-likeness (QED) is 0.872. The van der Waals surface area contributed by atoms with Gasteiger partial charge in [0.15, 0.2) is 0 Å². The molecule has 134 valence electrons. The van der Waals surface area contributed by atoms with Gasteiger partial charge in [0.05, 0.1) is 12.1 Å². The number of amides is 2. The summed E-state index contributed by atoms with van der Waals surface area (Å²) < 4.78 is 5.17. The van der Waals surface area contributed by atoms with Crippen molar-refractivity contribution < 1.29 is 14.0 Å². The number of rotatable bonds is 4. The summed E-state index contributed by atoms with van der Waals surface area (Å²) in [7, 11) is 0. The van der Waals surface area contributed by atoms with Gasteiger partial charge in [0, 0.05) is 12.2 Å². The van der Waals surface area contributed by atoms with Crippen LogP contribution in [0.15, 0.2) is 41.0 Å². The van der Waals surface area contributed by atoms with Crippen molar-refractivity contribution in [3.63, 3.8) is 0 Å². The molecule has 6 nitrogen and oxygen atoms in total. The van der Waals surface area contributed by atoms with Gasteiger partial charge in [0.2, 0.25) is 5.91 Å². The third-order valence-corrected chi connectivity index (χ3v) is 4.21. The van der Waals surface area contributed by atoms with Crippen molar-refractivity contribution in [3.8, 4) is 0 Å². The molecular formula is C18H22ClN3O3. The van der Waals surface area contributed by atoms with Crippen LogP contribution in [-0.2, 0) is 11.3 Å². The predicted molar refractivity (Wildman–Crippen MR) is 97.9 cm³/mol. The lowest BCUT2D eigenvalue weighted by Gasteiger charge is -2.32. The number of anilines is 1. The first-order valence-corrected chi connectivity index (χ1v) is 8.05. The number of furan rings is 1. The molecule has 2 aromatic rings. The highest BCUT2D eigenvalue weighted by molar-refractivity contribution is 6.02. The predicted octanol–water partition coefficient (Wildman–Crippen LogP) is 2.39. The Labute approximate surface area is 152 Å². The maximum absolute atomic E-state index is 12.7. The molecule has 7 heteroatoms. The zero-order chi connectivity index (χ0) is 17.1. The molecule has 0 radical (unpaired) electrons. The van der Waals surface area contributed by atoms with Crippen molar-refractivity contribution in [1.29, 1.82) is 0 Å². The first-order chi connectivity index (χ1) is 11.6. The number of carbonyl (C=O) groups is 2. The maximum Gasteiger partial charge on any atom is 0.255 e. The van der Waals surface area contributed by atoms with Crippen molar-refractivity contribution in [2.45, 2.75) is 32.4 Å². The first kappa shape index (κ1) is 19.0. The molecule has 1 aromatic carbocycles. The number of carbonyl (C=O) groups excluding carboxylic acids is 2. The summed E-state index contributed by atoms with van der Waals surface area (Å²) in [6.45, 7) is 2.90. The first-order valence-electron chi connectivity index (χ1n) is 8.05. The van der Waals surface area contributed by atoms with Crippen LogP contribution in [0.25, 0.3) is 0 Å². The average Bonchev–Trinajstić information content (AvgIpc) is 3.07. The van der Waals surface area contributed by atoms with E-state index in [-0.39, 0.29) is 30.8 Å². The second kappa shape index (κ2) is 8.18. The number of hydrogen-bond acceptors (Lipinski definition) is 4. The third-order valence-electron chi connectivity index (χ3n) is 4.21. The fourth-order valence-electron chi connectivity index (χ4n) is 2.84. The molecule has 2 heterocycles. The van der Waals surface area contributed by atoms with Crippen LogP contribution in [0.4, 0.5) is 5.69 Å². The van der Waals surface area contributed by atoms with Gasteiger partial charge in [-0.3, -0.25) is 9.59 Å². The Bertz CT molecular complexity index is 742. The summed E-state index contributed by atoms with van der Waals surface area (Å²) in [6, 6.07) is 8.89. The lowest BCUT2D eigenvalue weighted by molar-refractivity contribution is -0.121. The number of halogens is 1. The van der Waals surface area contributed by atoms with Gasteiger partial charge in [0.25, 0.3) is 5.91 Å². The summed E-state index contributed by atoms with van der Waals surface area (Å²) >= 11 is 0. The van der Waals surface area contributed by atoms with E-state index in [1.165, 1.54) is 6.26 Å². The molecule has 0 bridgehead atoms. The molecule has 1 aromatic heterocycles. The average molecular weight is 364 g/mol. The highest BCUT2D eigenvalue weighted by Crippen LogP contribution is 2.22. The van der Waals surface area contributed by atoms with Gasteiger partial charge in [-0.15, -0.1) is 12.4 Å². The van der Waals surface area contributed by atoms with Crippen molar-refractivity contribution in [3.05, 3.63) is 53.5 Å². The molecule has 1 saturated heterocycles. The van der Waals surface area contributed by atoms with Crippen LogP contribution in [0.2, 0.25) is 0 Å². The van der Waals surface area contributed by atoms with Crippen LogP contribution in [0.1, 0.15) is 34.5 Å². The highest BCUT2D eigenvalue weighted by Gasteiger charge is 2.31. The van der Waals surface area contributed by atoms with E-state index in [4.69, 9.17) is 10.2 Å². The summed E-state index contributed by atoms with van der Waals surface area (Å²) in [5, 5.41) is 2.80. The fourth-order valence-corrected chi connectivity index (χ4v) is 2.84. The number of aryl methyl sites for hydroxylation is 1. The van der Waals surface area contributed by atoms with Gasteiger partial charge in [-0.25, -0.2) is 0 Å². The van der Waals surface area contributed by atoms with Crippen molar-refractivity contribution in [2.24, 2.45) is 5.73 Å². The Morgan fingerprint density at radius 1 is 1.36 bits per heavy atom. The van der Waals surface area contributed by atoms with Crippen LogP contribution in [0.3, 0.4) is 0 Å². The van der Waals surface area contributed by atoms with E-state index in [0.29, 0.717) is 24.3 Å². The number of nitrogens with zero attached hydrogens (tertiary/aromatic N) is 1. The Balaban J connectivity index is 0.00000225. The minimum atomic E-state index is -0.524. The minimum absolute atomic E-state index is 0. The standard InChI is InChI=1S/C18H21N3O3.ClH/c1-12-4-6-14(7-5-12)21-8-2-3-16(18(21)23)20-17(22)13-9-15(10-19)24-11-13;/h4-7,9,11,16H,2-3,8,10,19H2,1H3,(H,20,22);1H. The topological polar surface area (TPSA) is 88.6 Å². The third kappa shape index (κ3) is 4.21. The molecule has 3 rings (SSSR count). The van der Waals surface area contributed by atoms with Gasteiger partial charge < -0.3 is 20.4 Å². The Morgan fingerprint density at radius 2 is 2.08 bits per heavy atom. The molecule has 1 aliphatic heterocycles. The summed E-state index contributed by atoms with van der Waals surface area (Å²) in [6.07, 6.45) is 2.83. The molecular weight excluding hydrogens is 342 g/mol. The lowest BCUT2D eigenvalue weighted by atomic mass is 10.0. The zero-order valence-corrected chi connectivity index (χ0v) is 14.8. The Hall–Kier alpha value is -2.31. The number of nitrogens with two attached hydrogens (primary N) is 1. The SMILES string of the molecule is Cc1ccc(N2CCCC(NC(=O)c3coc(CN)c3)C2=O)cc1.Cl. The van der Waals surface area contributed by atoms with Crippen LogP contribution in [0.5, 0.6) is 0 Å². The minimum Gasteiger partial charge on any atom is -0.467 e. The van der Waals surface area contributed by atoms with Gasteiger partial charge in [-0.2, -0.15) is 0 Å². The molecule has 1 atom stereocenters. The van der Waals surface area contributed by atoms with E-state index in [2.05, 4.69) is 5.32 Å². The molecule has 3 N–H and O–H groups in total. The van der Waals surface area contributed by atoms with Crippen LogP contribution in [-0.4, -0.2) is 24.4 Å². The second-order valence-electron chi connectivity index (χ2n) is 6.00. The maximum atomic E-state index is 12.7. The molecule has 0 aliphatic carbocycles. The van der Waals surface area contributed by atoms with Gasteiger partial charge >= 0.3 is 0 Å². The zero-order valence-electron chi connectivity index (χ0n) is 14.0. The molecule has 1 unspecified atom stereocenters. The van der Waals surface area contributed by atoms with E-state index in [1.807, 2.05) is 31.2 Å². The summed E-state index contributed by atoms with van der Waals surface area (Å²) in [5.74, 6) is 0.139. The molecule has 1 aliphatic rings. The Morgan fingerprint density at radius 3 is 2.72 bits per heavy atom. The smallest absolute Gasteiger partial charge is 0.255 e. The van der Waals surface area contributed by atoms with Crippen molar-refractivity contribution in [2.75, 3.05) is 11.4 Å². The number of nitrogens with one attached hydrogen (secondary N) is 1. The molecule has 2 amide bonds. The van der Waals surface area contributed by atoms with Gasteiger partial charge in [0.1, 0.15) is 18.1 Å². The van der Waals surface area contributed by atoms with Gasteiger partial charge in [-0.05, 0) is 38.0 Å². The second-order valence-corrected chi connectivity index (χ2v) is 6.00. The molecule has 25 heavy (non-hydrogen) atoms. The molecule has 1 fully saturated rings. The van der Waals surface area contributed by atoms with E-state index in [1.54, 1.807) is 11.0 Å². The summed E-state index contributed by atoms with van der Waals surface area (Å²) in [5.41, 5.74) is 7.86. The van der Waals surface area contributed by atoms with E-state index < -0.39 is 6.04 Å². The number of piperidine rings is 1. The van der Waals surface area contributed by atoms with E-state index >= 15 is 0 Å². The summed E-state index contributed by atoms with van der Waals surface area (Å²) in [4.78, 5) is 26.7.